The molecule has 16 heteroatoms. The summed E-state index contributed by atoms with van der Waals surface area (Å²) >= 11 is 0. The van der Waals surface area contributed by atoms with Crippen molar-refractivity contribution in [1.29, 1.82) is 0 Å². The lowest BCUT2D eigenvalue weighted by molar-refractivity contribution is -0.332. The average Bonchev–Trinajstić information content (AvgIpc) is 2.96. The van der Waals surface area contributed by atoms with E-state index in [4.69, 9.17) is 36.1 Å². The highest BCUT2D eigenvalue weighted by atomic mass is 16.7. The van der Waals surface area contributed by atoms with Gasteiger partial charge in [0.15, 0.2) is 12.6 Å². The Morgan fingerprint density at radius 3 is 1.93 bits per heavy atom. The average molecular weight is 611 g/mol. The van der Waals surface area contributed by atoms with Crippen LogP contribution in [0.15, 0.2) is 0 Å². The fourth-order valence-electron chi connectivity index (χ4n) is 5.57. The van der Waals surface area contributed by atoms with E-state index in [1.54, 1.807) is 0 Å². The summed E-state index contributed by atoms with van der Waals surface area (Å²) in [6.07, 6.45) is -12.0. The molecule has 1 amide bonds. The van der Waals surface area contributed by atoms with Crippen molar-refractivity contribution in [3.8, 4) is 0 Å². The summed E-state index contributed by atoms with van der Waals surface area (Å²) in [6, 6.07) is -2.97. The van der Waals surface area contributed by atoms with Crippen molar-refractivity contribution in [2.24, 2.45) is 17.2 Å². The number of hydrogen-bond acceptors (Lipinski definition) is 15. The molecule has 2 aliphatic heterocycles. The van der Waals surface area contributed by atoms with Crippen LogP contribution in [0.4, 0.5) is 0 Å². The number of hydrogen-bond donors (Lipinski definition) is 11. The van der Waals surface area contributed by atoms with Crippen molar-refractivity contribution in [2.75, 3.05) is 13.2 Å². The first kappa shape index (κ1) is 35.4. The van der Waals surface area contributed by atoms with Crippen LogP contribution in [0, 0.1) is 0 Å². The summed E-state index contributed by atoms with van der Waals surface area (Å²) in [5, 5.41) is 75.3. The highest BCUT2D eigenvalue weighted by Gasteiger charge is 2.51. The zero-order valence-corrected chi connectivity index (χ0v) is 23.9. The summed E-state index contributed by atoms with van der Waals surface area (Å²) in [6.45, 7) is 1.33. The number of aliphatic hydroxyl groups excluding tert-OH is 7. The van der Waals surface area contributed by atoms with Crippen molar-refractivity contribution in [3.63, 3.8) is 0 Å². The first-order valence-corrected chi connectivity index (χ1v) is 14.8. The van der Waals surface area contributed by atoms with E-state index in [-0.39, 0.29) is 18.9 Å². The molecule has 0 spiro atoms. The molecule has 42 heavy (non-hydrogen) atoms. The Morgan fingerprint density at radius 2 is 1.33 bits per heavy atom. The highest BCUT2D eigenvalue weighted by molar-refractivity contribution is 5.75. The number of unbranched alkanes of at least 4 members (excludes halogenated alkanes) is 4. The maximum atomic E-state index is 12.3. The second-order valence-corrected chi connectivity index (χ2v) is 11.5. The van der Waals surface area contributed by atoms with Crippen LogP contribution in [-0.4, -0.2) is 147 Å². The Labute approximate surface area is 245 Å². The molecule has 14 N–H and O–H groups in total. The SMILES string of the molecule is CCCCCCCC(=O)NCC1O[C@H](OC2C(N)CC(N)[C@@H](OC3O[C@H](CO)C(O)[C@@H](N)[C@H]3O)[C@H]2O)C(O)[C@@H](O)[C@@H]1O. The Hall–Kier alpha value is -1.09. The molecule has 3 rings (SSSR count). The van der Waals surface area contributed by atoms with Crippen LogP contribution in [-0.2, 0) is 23.7 Å². The molecule has 0 radical (unpaired) electrons. The molecule has 0 aromatic heterocycles. The van der Waals surface area contributed by atoms with E-state index >= 15 is 0 Å². The van der Waals surface area contributed by atoms with Crippen LogP contribution in [0.25, 0.3) is 0 Å². The van der Waals surface area contributed by atoms with Gasteiger partial charge >= 0.3 is 0 Å². The quantitative estimate of drug-likeness (QED) is 0.0873. The van der Waals surface area contributed by atoms with E-state index in [9.17, 15) is 40.5 Å². The fraction of sp³-hybridized carbons (Fsp3) is 0.962. The molecule has 1 aliphatic carbocycles. The highest BCUT2D eigenvalue weighted by Crippen LogP contribution is 2.31. The zero-order valence-electron chi connectivity index (χ0n) is 23.9. The Kier molecular flexibility index (Phi) is 13.7. The lowest BCUT2D eigenvalue weighted by Crippen LogP contribution is -2.68. The molecular formula is C26H50N4O12. The van der Waals surface area contributed by atoms with E-state index in [1.165, 1.54) is 0 Å². The second kappa shape index (κ2) is 16.3. The van der Waals surface area contributed by atoms with E-state index in [1.807, 2.05) is 0 Å². The van der Waals surface area contributed by atoms with E-state index in [0.717, 1.165) is 25.7 Å². The van der Waals surface area contributed by atoms with Crippen LogP contribution in [0.1, 0.15) is 51.9 Å². The first-order valence-electron chi connectivity index (χ1n) is 14.8. The summed E-state index contributed by atoms with van der Waals surface area (Å²) in [7, 11) is 0. The van der Waals surface area contributed by atoms with Gasteiger partial charge < -0.3 is 77.2 Å². The van der Waals surface area contributed by atoms with Crippen molar-refractivity contribution in [3.05, 3.63) is 0 Å². The van der Waals surface area contributed by atoms with Crippen LogP contribution in [0.3, 0.4) is 0 Å². The van der Waals surface area contributed by atoms with Gasteiger partial charge in [0.1, 0.15) is 61.0 Å². The summed E-state index contributed by atoms with van der Waals surface area (Å²) < 4.78 is 22.7. The van der Waals surface area contributed by atoms with Crippen LogP contribution in [0.5, 0.6) is 0 Å². The fourth-order valence-corrected chi connectivity index (χ4v) is 5.57. The normalized spacial score (nSPS) is 44.6. The number of carbonyl (C=O) groups excluding carboxylic acids is 1. The van der Waals surface area contributed by atoms with E-state index < -0.39 is 98.4 Å². The van der Waals surface area contributed by atoms with Gasteiger partial charge in [0.25, 0.3) is 0 Å². The maximum absolute atomic E-state index is 12.3. The van der Waals surface area contributed by atoms with Crippen molar-refractivity contribution in [2.45, 2.75) is 144 Å². The molecule has 1 saturated carbocycles. The molecule has 7 unspecified atom stereocenters. The molecular weight excluding hydrogens is 560 g/mol. The van der Waals surface area contributed by atoms with Gasteiger partial charge in [-0.2, -0.15) is 0 Å². The second-order valence-electron chi connectivity index (χ2n) is 11.5. The predicted octanol–water partition coefficient (Wildman–Crippen LogP) is -4.77. The van der Waals surface area contributed by atoms with Crippen molar-refractivity contribution in [1.82, 2.24) is 5.32 Å². The zero-order chi connectivity index (χ0) is 31.1. The van der Waals surface area contributed by atoms with E-state index in [0.29, 0.717) is 12.8 Å². The van der Waals surface area contributed by atoms with Gasteiger partial charge in [-0.3, -0.25) is 4.79 Å². The van der Waals surface area contributed by atoms with Gasteiger partial charge in [0.2, 0.25) is 5.91 Å². The van der Waals surface area contributed by atoms with Crippen LogP contribution >= 0.6 is 0 Å². The van der Waals surface area contributed by atoms with Crippen molar-refractivity contribution < 1.29 is 59.5 Å². The van der Waals surface area contributed by atoms with E-state index in [2.05, 4.69) is 12.2 Å². The molecule has 0 aromatic carbocycles. The molecule has 16 nitrogen and oxygen atoms in total. The predicted molar refractivity (Wildman–Crippen MR) is 145 cm³/mol. The minimum atomic E-state index is -1.73. The summed E-state index contributed by atoms with van der Waals surface area (Å²) in [5.74, 6) is -0.248. The largest absolute Gasteiger partial charge is 0.394 e. The van der Waals surface area contributed by atoms with Crippen LogP contribution in [0.2, 0.25) is 0 Å². The number of ether oxygens (including phenoxy) is 4. The summed E-state index contributed by atoms with van der Waals surface area (Å²) in [4.78, 5) is 12.3. The molecule has 15 atom stereocenters. The topological polar surface area (TPSA) is 286 Å². The third kappa shape index (κ3) is 8.54. The van der Waals surface area contributed by atoms with Gasteiger partial charge in [0.05, 0.1) is 12.6 Å². The molecule has 2 heterocycles. The summed E-state index contributed by atoms with van der Waals surface area (Å²) in [5.41, 5.74) is 18.2. The molecule has 246 valence electrons. The third-order valence-corrected chi connectivity index (χ3v) is 8.26. The lowest BCUT2D eigenvalue weighted by atomic mass is 9.84. The number of nitrogens with two attached hydrogens (primary N) is 3. The monoisotopic (exact) mass is 610 g/mol. The van der Waals surface area contributed by atoms with Crippen molar-refractivity contribution >= 4 is 5.91 Å². The number of nitrogens with one attached hydrogen (secondary N) is 1. The first-order chi connectivity index (χ1) is 19.9. The standard InChI is InChI=1S/C26H50N4O12/c1-2-3-4-5-6-7-15(32)30-9-13-18(34)20(36)21(37)26(39-13)42-24-12(28)8-11(27)23(22(24)38)41-25-19(35)16(29)17(33)14(10-31)40-25/h11-14,16-26,31,33-38H,2-10,27-29H2,1H3,(H,30,32)/t11?,12?,13?,14-,16-,17?,18-,19-,20+,21?,22-,23-,24?,25?,26-/m1/s1. The molecule has 0 aromatic rings. The maximum Gasteiger partial charge on any atom is 0.220 e. The Morgan fingerprint density at radius 1 is 0.762 bits per heavy atom. The third-order valence-electron chi connectivity index (χ3n) is 8.26. The smallest absolute Gasteiger partial charge is 0.220 e. The van der Waals surface area contributed by atoms with Gasteiger partial charge in [-0.15, -0.1) is 0 Å². The van der Waals surface area contributed by atoms with Gasteiger partial charge in [-0.1, -0.05) is 32.6 Å². The number of aliphatic hydroxyl groups is 7. The molecule has 2 saturated heterocycles. The molecule has 3 aliphatic rings. The molecule has 0 bridgehead atoms. The Bertz CT molecular complexity index is 830. The van der Waals surface area contributed by atoms with Crippen LogP contribution < -0.4 is 22.5 Å². The minimum Gasteiger partial charge on any atom is -0.394 e. The Balaban J connectivity index is 1.62. The lowest BCUT2D eigenvalue weighted by Gasteiger charge is -2.48. The van der Waals surface area contributed by atoms with Gasteiger partial charge in [-0.25, -0.2) is 0 Å². The molecule has 3 fully saturated rings. The van der Waals surface area contributed by atoms with Gasteiger partial charge in [0, 0.05) is 25.0 Å². The number of carbonyl (C=O) groups is 1. The number of amides is 1. The van der Waals surface area contributed by atoms with Gasteiger partial charge in [-0.05, 0) is 12.8 Å². The number of rotatable bonds is 13. The minimum absolute atomic E-state index is 0.0546.